The Hall–Kier alpha value is -1.05. The molecule has 1 atom stereocenters. The molecular formula is C11H19NO. The highest BCUT2D eigenvalue weighted by Gasteiger charge is 2.16. The van der Waals surface area contributed by atoms with E-state index in [0.29, 0.717) is 0 Å². The van der Waals surface area contributed by atoms with E-state index in [1.54, 1.807) is 17.1 Å². The van der Waals surface area contributed by atoms with Crippen LogP contribution in [-0.2, 0) is 4.79 Å². The fourth-order valence-electron chi connectivity index (χ4n) is 0.903. The molecule has 0 bridgehead atoms. The first kappa shape index (κ1) is 11.9. The molecule has 0 spiro atoms. The van der Waals surface area contributed by atoms with Crippen LogP contribution in [0.15, 0.2) is 24.8 Å². The van der Waals surface area contributed by atoms with E-state index in [4.69, 9.17) is 0 Å². The van der Waals surface area contributed by atoms with Crippen LogP contribution < -0.4 is 0 Å². The lowest BCUT2D eigenvalue weighted by Crippen LogP contribution is -2.36. The second kappa shape index (κ2) is 5.57. The van der Waals surface area contributed by atoms with E-state index in [1.165, 1.54) is 0 Å². The average molecular weight is 181 g/mol. The summed E-state index contributed by atoms with van der Waals surface area (Å²) in [6.45, 7) is 9.45. The molecule has 0 saturated heterocycles. The van der Waals surface area contributed by atoms with Gasteiger partial charge in [-0.1, -0.05) is 31.7 Å². The van der Waals surface area contributed by atoms with E-state index >= 15 is 0 Å². The fraction of sp³-hybridized carbons (Fsp3) is 0.545. The largest absolute Gasteiger partial charge is 0.343 e. The summed E-state index contributed by atoms with van der Waals surface area (Å²) in [7, 11) is 1.82. The van der Waals surface area contributed by atoms with Crippen LogP contribution in [0, 0.1) is 5.92 Å². The van der Waals surface area contributed by atoms with Gasteiger partial charge >= 0.3 is 0 Å². The molecule has 0 radical (unpaired) electrons. The van der Waals surface area contributed by atoms with Gasteiger partial charge in [0, 0.05) is 13.1 Å². The Morgan fingerprint density at radius 1 is 1.38 bits per heavy atom. The van der Waals surface area contributed by atoms with Crippen molar-refractivity contribution < 1.29 is 4.79 Å². The molecular weight excluding hydrogens is 162 g/mol. The summed E-state index contributed by atoms with van der Waals surface area (Å²) in [5, 5.41) is 0. The van der Waals surface area contributed by atoms with E-state index in [1.807, 2.05) is 33.9 Å². The molecule has 0 rings (SSSR count). The van der Waals surface area contributed by atoms with E-state index in [-0.39, 0.29) is 17.9 Å². The lowest BCUT2D eigenvalue weighted by molar-refractivity contribution is -0.133. The molecule has 0 fully saturated rings. The Kier molecular flexibility index (Phi) is 5.12. The van der Waals surface area contributed by atoms with Gasteiger partial charge in [-0.15, -0.1) is 0 Å². The van der Waals surface area contributed by atoms with Crippen molar-refractivity contribution in [3.8, 4) is 0 Å². The van der Waals surface area contributed by atoms with Crippen molar-refractivity contribution in [3.05, 3.63) is 24.8 Å². The van der Waals surface area contributed by atoms with Gasteiger partial charge in [0.1, 0.15) is 0 Å². The van der Waals surface area contributed by atoms with Crippen LogP contribution >= 0.6 is 0 Å². The minimum absolute atomic E-state index is 0.0644. The molecule has 1 unspecified atom stereocenters. The van der Waals surface area contributed by atoms with Crippen molar-refractivity contribution in [2.75, 3.05) is 7.05 Å². The van der Waals surface area contributed by atoms with Gasteiger partial charge in [0.15, 0.2) is 0 Å². The summed E-state index contributed by atoms with van der Waals surface area (Å²) in [6, 6.07) is 0.257. The lowest BCUT2D eigenvalue weighted by atomic mass is 10.1. The number of allylic oxidation sites excluding steroid dienone is 2. The van der Waals surface area contributed by atoms with E-state index in [2.05, 4.69) is 6.58 Å². The molecule has 0 N–H and O–H groups in total. The highest BCUT2D eigenvalue weighted by atomic mass is 16.2. The van der Waals surface area contributed by atoms with Crippen molar-refractivity contribution >= 4 is 5.91 Å². The van der Waals surface area contributed by atoms with Gasteiger partial charge < -0.3 is 4.90 Å². The van der Waals surface area contributed by atoms with E-state index < -0.39 is 0 Å². The minimum atomic E-state index is -0.0644. The van der Waals surface area contributed by atoms with Crippen LogP contribution in [0.5, 0.6) is 0 Å². The molecule has 0 aromatic rings. The van der Waals surface area contributed by atoms with Gasteiger partial charge in [0.05, 0.1) is 5.92 Å². The third-order valence-corrected chi connectivity index (χ3v) is 2.05. The van der Waals surface area contributed by atoms with E-state index in [9.17, 15) is 4.79 Å². The maximum Gasteiger partial charge on any atom is 0.229 e. The maximum absolute atomic E-state index is 11.6. The molecule has 0 heterocycles. The molecule has 2 nitrogen and oxygen atoms in total. The van der Waals surface area contributed by atoms with Crippen molar-refractivity contribution in [2.24, 2.45) is 5.92 Å². The SMILES string of the molecule is C=CC=CC(C)C(=O)N(C)C(C)C. The first-order chi connectivity index (χ1) is 6.00. The van der Waals surface area contributed by atoms with Crippen LogP contribution in [0.25, 0.3) is 0 Å². The van der Waals surface area contributed by atoms with Gasteiger partial charge in [0.2, 0.25) is 5.91 Å². The third-order valence-electron chi connectivity index (χ3n) is 2.05. The summed E-state index contributed by atoms with van der Waals surface area (Å²) < 4.78 is 0. The fourth-order valence-corrected chi connectivity index (χ4v) is 0.903. The summed E-state index contributed by atoms with van der Waals surface area (Å²) in [5.41, 5.74) is 0. The molecule has 2 heteroatoms. The molecule has 0 aromatic heterocycles. The first-order valence-corrected chi connectivity index (χ1v) is 4.56. The van der Waals surface area contributed by atoms with Gasteiger partial charge in [0.25, 0.3) is 0 Å². The molecule has 0 aliphatic carbocycles. The number of nitrogens with zero attached hydrogens (tertiary/aromatic N) is 1. The molecule has 0 saturated carbocycles. The van der Waals surface area contributed by atoms with Crippen LogP contribution in [-0.4, -0.2) is 23.9 Å². The Labute approximate surface area is 80.9 Å². The van der Waals surface area contributed by atoms with Crippen molar-refractivity contribution in [3.63, 3.8) is 0 Å². The van der Waals surface area contributed by atoms with Crippen LogP contribution in [0.1, 0.15) is 20.8 Å². The number of hydrogen-bond donors (Lipinski definition) is 0. The van der Waals surface area contributed by atoms with E-state index in [0.717, 1.165) is 0 Å². The highest BCUT2D eigenvalue weighted by Crippen LogP contribution is 2.05. The van der Waals surface area contributed by atoms with Gasteiger partial charge in [-0.2, -0.15) is 0 Å². The summed E-state index contributed by atoms with van der Waals surface area (Å²) in [6.07, 6.45) is 5.34. The molecule has 0 aliphatic heterocycles. The van der Waals surface area contributed by atoms with Crippen LogP contribution in [0.2, 0.25) is 0 Å². The van der Waals surface area contributed by atoms with Crippen molar-refractivity contribution in [2.45, 2.75) is 26.8 Å². The zero-order valence-corrected chi connectivity index (χ0v) is 8.95. The third kappa shape index (κ3) is 3.92. The predicted molar refractivity (Wildman–Crippen MR) is 56.4 cm³/mol. The summed E-state index contributed by atoms with van der Waals surface area (Å²) in [5.74, 6) is 0.0819. The predicted octanol–water partition coefficient (Wildman–Crippen LogP) is 2.23. The maximum atomic E-state index is 11.6. The van der Waals surface area contributed by atoms with Crippen LogP contribution in [0.4, 0.5) is 0 Å². The zero-order valence-electron chi connectivity index (χ0n) is 8.95. The Bertz CT molecular complexity index is 206. The zero-order chi connectivity index (χ0) is 10.4. The quantitative estimate of drug-likeness (QED) is 0.609. The Balaban J connectivity index is 4.25. The number of rotatable bonds is 4. The van der Waals surface area contributed by atoms with Gasteiger partial charge in [-0.05, 0) is 13.8 Å². The second-order valence-electron chi connectivity index (χ2n) is 3.45. The average Bonchev–Trinajstić information content (AvgIpc) is 2.11. The molecule has 74 valence electrons. The van der Waals surface area contributed by atoms with Crippen molar-refractivity contribution in [1.82, 2.24) is 4.90 Å². The second-order valence-corrected chi connectivity index (χ2v) is 3.45. The van der Waals surface area contributed by atoms with Gasteiger partial charge in [-0.3, -0.25) is 4.79 Å². The Morgan fingerprint density at radius 3 is 2.31 bits per heavy atom. The Morgan fingerprint density at radius 2 is 1.92 bits per heavy atom. The van der Waals surface area contributed by atoms with Gasteiger partial charge in [-0.25, -0.2) is 0 Å². The molecule has 13 heavy (non-hydrogen) atoms. The molecule has 0 aromatic carbocycles. The number of carbonyl (C=O) groups is 1. The first-order valence-electron chi connectivity index (χ1n) is 4.56. The summed E-state index contributed by atoms with van der Waals surface area (Å²) >= 11 is 0. The monoisotopic (exact) mass is 181 g/mol. The number of hydrogen-bond acceptors (Lipinski definition) is 1. The topological polar surface area (TPSA) is 20.3 Å². The minimum Gasteiger partial charge on any atom is -0.343 e. The highest BCUT2D eigenvalue weighted by molar-refractivity contribution is 5.80. The van der Waals surface area contributed by atoms with Crippen LogP contribution in [0.3, 0.4) is 0 Å². The normalized spacial score (nSPS) is 13.3. The standard InChI is InChI=1S/C11H19NO/c1-6-7-8-10(4)11(13)12(5)9(2)3/h6-10H,1H2,2-5H3. The van der Waals surface area contributed by atoms with Crippen molar-refractivity contribution in [1.29, 1.82) is 0 Å². The number of amides is 1. The molecule has 1 amide bonds. The summed E-state index contributed by atoms with van der Waals surface area (Å²) in [4.78, 5) is 13.4. The number of carbonyl (C=O) groups excluding carboxylic acids is 1. The smallest absolute Gasteiger partial charge is 0.229 e. The lowest BCUT2D eigenvalue weighted by Gasteiger charge is -2.23. The molecule has 0 aliphatic rings.